The van der Waals surface area contributed by atoms with Crippen LogP contribution in [-0.2, 0) is 20.8 Å². The third-order valence-electron chi connectivity index (χ3n) is 5.78. The van der Waals surface area contributed by atoms with E-state index in [2.05, 4.69) is 5.32 Å². The van der Waals surface area contributed by atoms with Crippen LogP contribution in [0.1, 0.15) is 30.9 Å². The molecule has 3 N–H and O–H groups in total. The van der Waals surface area contributed by atoms with Crippen LogP contribution in [0.3, 0.4) is 0 Å². The standard InChI is InChI=1S/C26H25N3O3/c1-16-19-11-6-7-12-20(19)24-21(27)13-8-14-22(24)29(25(16)31)26(32)17(2)28-23(30)15-18-9-4-3-5-10-18/h3-14,16-17H,15,27H2,1-2H3,(H,28,30)/t16?,17-/m0/s1. The number of amides is 3. The lowest BCUT2D eigenvalue weighted by Crippen LogP contribution is -2.50. The summed E-state index contributed by atoms with van der Waals surface area (Å²) < 4.78 is 0. The molecule has 0 spiro atoms. The summed E-state index contributed by atoms with van der Waals surface area (Å²) in [7, 11) is 0. The normalized spacial score (nSPS) is 15.9. The van der Waals surface area contributed by atoms with Gasteiger partial charge in [0.15, 0.2) is 0 Å². The van der Waals surface area contributed by atoms with Crippen LogP contribution >= 0.6 is 0 Å². The first-order valence-corrected chi connectivity index (χ1v) is 10.6. The van der Waals surface area contributed by atoms with Crippen molar-refractivity contribution >= 4 is 29.1 Å². The lowest BCUT2D eigenvalue weighted by molar-refractivity contribution is -0.131. The lowest BCUT2D eigenvalue weighted by Gasteiger charge is -2.26. The summed E-state index contributed by atoms with van der Waals surface area (Å²) in [4.78, 5) is 40.6. The Kier molecular flexibility index (Phi) is 5.77. The molecule has 0 saturated heterocycles. The Morgan fingerprint density at radius 2 is 1.69 bits per heavy atom. The quantitative estimate of drug-likeness (QED) is 0.622. The van der Waals surface area contributed by atoms with E-state index in [1.54, 1.807) is 32.0 Å². The van der Waals surface area contributed by atoms with E-state index in [9.17, 15) is 14.4 Å². The molecule has 1 aliphatic rings. The second-order valence-electron chi connectivity index (χ2n) is 8.01. The van der Waals surface area contributed by atoms with Crippen molar-refractivity contribution in [3.63, 3.8) is 0 Å². The highest BCUT2D eigenvalue weighted by atomic mass is 16.2. The van der Waals surface area contributed by atoms with E-state index in [0.29, 0.717) is 16.9 Å². The Morgan fingerprint density at radius 3 is 2.44 bits per heavy atom. The Balaban J connectivity index is 1.67. The first kappa shape index (κ1) is 21.3. The molecule has 0 radical (unpaired) electrons. The summed E-state index contributed by atoms with van der Waals surface area (Å²) >= 11 is 0. The highest BCUT2D eigenvalue weighted by Gasteiger charge is 2.37. The number of carbonyl (C=O) groups excluding carboxylic acids is 3. The molecule has 1 unspecified atom stereocenters. The van der Waals surface area contributed by atoms with Crippen molar-refractivity contribution in [2.45, 2.75) is 32.2 Å². The lowest BCUT2D eigenvalue weighted by atomic mass is 9.92. The fourth-order valence-electron chi connectivity index (χ4n) is 4.14. The number of nitrogens with two attached hydrogens (primary N) is 1. The number of nitrogens with one attached hydrogen (secondary N) is 1. The number of anilines is 2. The number of hydrogen-bond donors (Lipinski definition) is 2. The number of hydrogen-bond acceptors (Lipinski definition) is 4. The van der Waals surface area contributed by atoms with E-state index in [0.717, 1.165) is 16.7 Å². The topological polar surface area (TPSA) is 92.5 Å². The van der Waals surface area contributed by atoms with Crippen molar-refractivity contribution in [3.05, 3.63) is 83.9 Å². The molecule has 3 amide bonds. The molecule has 32 heavy (non-hydrogen) atoms. The molecule has 0 aromatic heterocycles. The molecule has 3 aromatic rings. The maximum Gasteiger partial charge on any atom is 0.256 e. The van der Waals surface area contributed by atoms with Gasteiger partial charge in [-0.25, -0.2) is 4.90 Å². The first-order chi connectivity index (χ1) is 15.4. The van der Waals surface area contributed by atoms with Crippen LogP contribution in [-0.4, -0.2) is 23.8 Å². The minimum absolute atomic E-state index is 0.151. The van der Waals surface area contributed by atoms with Crippen molar-refractivity contribution in [2.24, 2.45) is 0 Å². The number of fused-ring (bicyclic) bond motifs is 3. The molecule has 1 aliphatic heterocycles. The number of nitrogen functional groups attached to an aromatic ring is 1. The molecule has 162 valence electrons. The van der Waals surface area contributed by atoms with Gasteiger partial charge >= 0.3 is 0 Å². The molecule has 4 rings (SSSR count). The van der Waals surface area contributed by atoms with Crippen LogP contribution < -0.4 is 16.0 Å². The summed E-state index contributed by atoms with van der Waals surface area (Å²) in [6, 6.07) is 21.1. The number of carbonyl (C=O) groups is 3. The number of imide groups is 1. The van der Waals surface area contributed by atoms with E-state index in [-0.39, 0.29) is 18.2 Å². The predicted molar refractivity (Wildman–Crippen MR) is 125 cm³/mol. The van der Waals surface area contributed by atoms with Gasteiger partial charge in [-0.2, -0.15) is 0 Å². The maximum atomic E-state index is 13.5. The van der Waals surface area contributed by atoms with Crippen molar-refractivity contribution in [3.8, 4) is 11.1 Å². The van der Waals surface area contributed by atoms with Crippen LogP contribution in [0.5, 0.6) is 0 Å². The van der Waals surface area contributed by atoms with Gasteiger partial charge in [0.1, 0.15) is 6.04 Å². The van der Waals surface area contributed by atoms with Crippen LogP contribution in [0.4, 0.5) is 11.4 Å². The van der Waals surface area contributed by atoms with E-state index in [4.69, 9.17) is 5.73 Å². The zero-order valence-electron chi connectivity index (χ0n) is 18.0. The van der Waals surface area contributed by atoms with Crippen molar-refractivity contribution in [1.29, 1.82) is 0 Å². The first-order valence-electron chi connectivity index (χ1n) is 10.6. The molecule has 0 aliphatic carbocycles. The third-order valence-corrected chi connectivity index (χ3v) is 5.78. The monoisotopic (exact) mass is 427 g/mol. The van der Waals surface area contributed by atoms with Crippen LogP contribution in [0, 0.1) is 0 Å². The third kappa shape index (κ3) is 3.87. The van der Waals surface area contributed by atoms with E-state index in [1.807, 2.05) is 54.6 Å². The van der Waals surface area contributed by atoms with Crippen molar-refractivity contribution < 1.29 is 14.4 Å². The highest BCUT2D eigenvalue weighted by molar-refractivity contribution is 6.22. The van der Waals surface area contributed by atoms with Crippen LogP contribution in [0.15, 0.2) is 72.8 Å². The minimum Gasteiger partial charge on any atom is -0.398 e. The van der Waals surface area contributed by atoms with Gasteiger partial charge in [-0.1, -0.05) is 60.7 Å². The van der Waals surface area contributed by atoms with Gasteiger partial charge in [0.05, 0.1) is 18.0 Å². The summed E-state index contributed by atoms with van der Waals surface area (Å²) in [6.07, 6.45) is 0.151. The van der Waals surface area contributed by atoms with Gasteiger partial charge in [0.2, 0.25) is 11.8 Å². The molecule has 6 nitrogen and oxygen atoms in total. The van der Waals surface area contributed by atoms with E-state index >= 15 is 0 Å². The largest absolute Gasteiger partial charge is 0.398 e. The minimum atomic E-state index is -0.891. The maximum absolute atomic E-state index is 13.5. The van der Waals surface area contributed by atoms with Crippen LogP contribution in [0.2, 0.25) is 0 Å². The summed E-state index contributed by atoms with van der Waals surface area (Å²) in [5, 5.41) is 2.73. The van der Waals surface area contributed by atoms with Crippen molar-refractivity contribution in [1.82, 2.24) is 5.32 Å². The average molecular weight is 428 g/mol. The fourth-order valence-corrected chi connectivity index (χ4v) is 4.14. The molecular weight excluding hydrogens is 402 g/mol. The van der Waals surface area contributed by atoms with Crippen LogP contribution in [0.25, 0.3) is 11.1 Å². The second kappa shape index (κ2) is 8.67. The predicted octanol–water partition coefficient (Wildman–Crippen LogP) is 3.66. The SMILES string of the molecule is CC1C(=O)N(C(=O)[C@H](C)NC(=O)Cc2ccccc2)c2cccc(N)c2-c2ccccc21. The number of benzene rings is 3. The van der Waals surface area contributed by atoms with Gasteiger partial charge in [-0.15, -0.1) is 0 Å². The Hall–Kier alpha value is -3.93. The Bertz CT molecular complexity index is 1190. The average Bonchev–Trinajstić information content (AvgIpc) is 2.88. The molecule has 3 aromatic carbocycles. The molecule has 0 bridgehead atoms. The van der Waals surface area contributed by atoms with Gasteiger partial charge in [-0.05, 0) is 42.7 Å². The van der Waals surface area contributed by atoms with E-state index in [1.165, 1.54) is 4.90 Å². The molecule has 0 fully saturated rings. The number of rotatable bonds is 4. The zero-order chi connectivity index (χ0) is 22.8. The van der Waals surface area contributed by atoms with Gasteiger partial charge in [0, 0.05) is 11.3 Å². The van der Waals surface area contributed by atoms with E-state index < -0.39 is 17.9 Å². The second-order valence-corrected chi connectivity index (χ2v) is 8.01. The highest BCUT2D eigenvalue weighted by Crippen LogP contribution is 2.44. The Labute approximate surface area is 187 Å². The summed E-state index contributed by atoms with van der Waals surface area (Å²) in [5.74, 6) is -1.68. The summed E-state index contributed by atoms with van der Waals surface area (Å²) in [6.45, 7) is 3.37. The van der Waals surface area contributed by atoms with Gasteiger partial charge in [-0.3, -0.25) is 14.4 Å². The Morgan fingerprint density at radius 1 is 1.00 bits per heavy atom. The molecule has 1 heterocycles. The molecule has 6 heteroatoms. The summed E-state index contributed by atoms with van der Waals surface area (Å²) in [5.41, 5.74) is 10.4. The number of nitrogens with zero attached hydrogens (tertiary/aromatic N) is 1. The zero-order valence-corrected chi connectivity index (χ0v) is 18.0. The van der Waals surface area contributed by atoms with Gasteiger partial charge in [0.25, 0.3) is 5.91 Å². The van der Waals surface area contributed by atoms with Crippen molar-refractivity contribution in [2.75, 3.05) is 10.6 Å². The smallest absolute Gasteiger partial charge is 0.256 e. The van der Waals surface area contributed by atoms with Gasteiger partial charge < -0.3 is 11.1 Å². The molecule has 2 atom stereocenters. The fraction of sp³-hybridized carbons (Fsp3) is 0.192. The molecule has 0 saturated carbocycles. The molecular formula is C26H25N3O3.